The zero-order valence-corrected chi connectivity index (χ0v) is 6.07. The van der Waals surface area contributed by atoms with E-state index in [9.17, 15) is 0 Å². The van der Waals surface area contributed by atoms with Crippen LogP contribution in [0.3, 0.4) is 0 Å². The quantitative estimate of drug-likeness (QED) is 0.627. The minimum Gasteiger partial charge on any atom is -0.469 e. The molecule has 3 heterocycles. The number of aromatic nitrogens is 2. The number of hydrogen-bond donors (Lipinski definition) is 1. The largest absolute Gasteiger partial charge is 0.469 e. The molecule has 12 heavy (non-hydrogen) atoms. The Balaban J connectivity index is 2.38. The van der Waals surface area contributed by atoms with Gasteiger partial charge in [-0.15, -0.1) is 0 Å². The van der Waals surface area contributed by atoms with E-state index in [-0.39, 0.29) is 0 Å². The summed E-state index contributed by atoms with van der Waals surface area (Å²) in [5.41, 5.74) is 1.25. The van der Waals surface area contributed by atoms with Crippen molar-refractivity contribution in [2.45, 2.75) is 0 Å². The summed E-state index contributed by atoms with van der Waals surface area (Å²) < 4.78 is 10.3. The predicted octanol–water partition coefficient (Wildman–Crippen LogP) is 0.985. The third-order valence-corrected chi connectivity index (χ3v) is 1.76. The molecule has 5 heteroatoms. The van der Waals surface area contributed by atoms with Crippen LogP contribution in [0.5, 0.6) is 5.75 Å². The van der Waals surface area contributed by atoms with Crippen LogP contribution in [0.2, 0.25) is 0 Å². The number of oxazole rings is 1. The van der Waals surface area contributed by atoms with E-state index in [1.54, 1.807) is 6.07 Å². The van der Waals surface area contributed by atoms with Crippen LogP contribution in [-0.2, 0) is 0 Å². The number of anilines is 1. The molecule has 5 nitrogen and oxygen atoms in total. The van der Waals surface area contributed by atoms with Crippen molar-refractivity contribution in [1.82, 2.24) is 9.97 Å². The van der Waals surface area contributed by atoms with Gasteiger partial charge in [0.2, 0.25) is 5.65 Å². The van der Waals surface area contributed by atoms with Crippen molar-refractivity contribution < 1.29 is 9.15 Å². The number of hydrogen-bond acceptors (Lipinski definition) is 5. The Morgan fingerprint density at radius 3 is 3.50 bits per heavy atom. The number of nitrogens with one attached hydrogen (secondary N) is 1. The summed E-state index contributed by atoms with van der Waals surface area (Å²) in [5.74, 6) is 1.45. The van der Waals surface area contributed by atoms with E-state index in [1.807, 2.05) is 0 Å². The maximum atomic E-state index is 5.21. The van der Waals surface area contributed by atoms with Gasteiger partial charge >= 0.3 is 0 Å². The van der Waals surface area contributed by atoms with E-state index in [0.29, 0.717) is 18.0 Å². The average Bonchev–Trinajstić information content (AvgIpc) is 2.64. The van der Waals surface area contributed by atoms with E-state index in [4.69, 9.17) is 9.15 Å². The van der Waals surface area contributed by atoms with Crippen molar-refractivity contribution in [3.05, 3.63) is 12.5 Å². The van der Waals surface area contributed by atoms with Crippen LogP contribution >= 0.6 is 0 Å². The molecule has 0 aliphatic carbocycles. The standard InChI is InChI=1S/C7H5N3O2/c1-4-6(8-2-11-4)10-7-5(1)12-3-9-7/h1-2H,3H2,(H,9,10). The van der Waals surface area contributed by atoms with E-state index in [0.717, 1.165) is 11.6 Å². The molecule has 1 N–H and O–H groups in total. The summed E-state index contributed by atoms with van der Waals surface area (Å²) in [6.07, 6.45) is 1.37. The molecule has 0 saturated carbocycles. The maximum Gasteiger partial charge on any atom is 0.200 e. The lowest BCUT2D eigenvalue weighted by Gasteiger charge is -1.93. The molecule has 0 radical (unpaired) electrons. The van der Waals surface area contributed by atoms with Gasteiger partial charge in [0, 0.05) is 6.07 Å². The highest BCUT2D eigenvalue weighted by molar-refractivity contribution is 5.75. The summed E-state index contributed by atoms with van der Waals surface area (Å²) in [6, 6.07) is 1.78. The molecule has 1 aliphatic heterocycles. The Hall–Kier alpha value is -1.78. The van der Waals surface area contributed by atoms with Crippen molar-refractivity contribution in [3.8, 4) is 5.75 Å². The van der Waals surface area contributed by atoms with Crippen molar-refractivity contribution in [2.24, 2.45) is 0 Å². The van der Waals surface area contributed by atoms with Crippen LogP contribution < -0.4 is 10.1 Å². The van der Waals surface area contributed by atoms with Crippen LogP contribution in [0.15, 0.2) is 16.9 Å². The molecule has 0 unspecified atom stereocenters. The molecule has 60 valence electrons. The van der Waals surface area contributed by atoms with Gasteiger partial charge in [0.1, 0.15) is 0 Å². The van der Waals surface area contributed by atoms with Crippen molar-refractivity contribution in [2.75, 3.05) is 12.0 Å². The topological polar surface area (TPSA) is 60.2 Å². The van der Waals surface area contributed by atoms with Crippen LogP contribution in [0.4, 0.5) is 5.82 Å². The Labute approximate surface area is 67.4 Å². The predicted molar refractivity (Wildman–Crippen MR) is 40.9 cm³/mol. The zero-order valence-electron chi connectivity index (χ0n) is 6.07. The fraction of sp³-hybridized carbons (Fsp3) is 0.143. The van der Waals surface area contributed by atoms with Gasteiger partial charge in [-0.2, -0.15) is 4.98 Å². The highest BCUT2D eigenvalue weighted by Gasteiger charge is 2.15. The van der Waals surface area contributed by atoms with Crippen LogP contribution in [-0.4, -0.2) is 16.7 Å². The number of nitrogens with zero attached hydrogens (tertiary/aromatic N) is 2. The van der Waals surface area contributed by atoms with Crippen LogP contribution in [0, 0.1) is 0 Å². The minimum absolute atomic E-state index is 0.467. The second-order valence-corrected chi connectivity index (χ2v) is 2.47. The summed E-state index contributed by atoms with van der Waals surface area (Å²) in [6.45, 7) is 0.467. The Bertz CT molecular complexity index is 399. The molecule has 0 amide bonds. The minimum atomic E-state index is 0.467. The number of pyridine rings is 1. The van der Waals surface area contributed by atoms with E-state index in [1.165, 1.54) is 6.39 Å². The van der Waals surface area contributed by atoms with Gasteiger partial charge < -0.3 is 14.5 Å². The Kier molecular flexibility index (Phi) is 0.910. The number of rotatable bonds is 0. The van der Waals surface area contributed by atoms with Gasteiger partial charge in [-0.1, -0.05) is 0 Å². The first-order valence-electron chi connectivity index (χ1n) is 3.54. The van der Waals surface area contributed by atoms with E-state index >= 15 is 0 Å². The van der Waals surface area contributed by atoms with Crippen molar-refractivity contribution in [3.63, 3.8) is 0 Å². The van der Waals surface area contributed by atoms with Crippen molar-refractivity contribution >= 4 is 17.0 Å². The molecule has 2 aromatic rings. The van der Waals surface area contributed by atoms with Gasteiger partial charge in [0.05, 0.1) is 0 Å². The summed E-state index contributed by atoms with van der Waals surface area (Å²) in [7, 11) is 0. The Morgan fingerprint density at radius 1 is 1.50 bits per heavy atom. The summed E-state index contributed by atoms with van der Waals surface area (Å²) in [4.78, 5) is 8.10. The average molecular weight is 163 g/mol. The van der Waals surface area contributed by atoms with E-state index in [2.05, 4.69) is 15.3 Å². The lowest BCUT2D eigenvalue weighted by atomic mass is 10.4. The fourth-order valence-electron chi connectivity index (χ4n) is 1.20. The molecule has 1 aliphatic rings. The van der Waals surface area contributed by atoms with Crippen LogP contribution in [0.25, 0.3) is 11.2 Å². The second-order valence-electron chi connectivity index (χ2n) is 2.47. The molecule has 0 saturated heterocycles. The number of fused-ring (bicyclic) bond motifs is 2. The molecule has 0 aromatic carbocycles. The monoisotopic (exact) mass is 163 g/mol. The first kappa shape index (κ1) is 5.82. The molecule has 0 fully saturated rings. The summed E-state index contributed by atoms with van der Waals surface area (Å²) >= 11 is 0. The third kappa shape index (κ3) is 0.623. The van der Waals surface area contributed by atoms with Gasteiger partial charge in [-0.05, 0) is 0 Å². The molecular weight excluding hydrogens is 158 g/mol. The zero-order chi connectivity index (χ0) is 7.97. The first-order chi connectivity index (χ1) is 5.93. The summed E-state index contributed by atoms with van der Waals surface area (Å²) in [5, 5.41) is 2.97. The van der Waals surface area contributed by atoms with Gasteiger partial charge in [0.25, 0.3) is 0 Å². The third-order valence-electron chi connectivity index (χ3n) is 1.76. The molecule has 3 rings (SSSR count). The smallest absolute Gasteiger partial charge is 0.200 e. The first-order valence-corrected chi connectivity index (χ1v) is 3.54. The highest BCUT2D eigenvalue weighted by atomic mass is 16.5. The lowest BCUT2D eigenvalue weighted by molar-refractivity contribution is 0.372. The van der Waals surface area contributed by atoms with Gasteiger partial charge in [0.15, 0.2) is 30.3 Å². The molecule has 2 aromatic heterocycles. The normalized spacial score (nSPS) is 14.0. The van der Waals surface area contributed by atoms with E-state index < -0.39 is 0 Å². The second kappa shape index (κ2) is 1.88. The molecule has 0 atom stereocenters. The van der Waals surface area contributed by atoms with Crippen LogP contribution in [0.1, 0.15) is 0 Å². The lowest BCUT2D eigenvalue weighted by Crippen LogP contribution is -1.97. The molecule has 0 bridgehead atoms. The SMILES string of the molecule is c1nc2nc3c(cc2o1)OCN3. The fourth-order valence-corrected chi connectivity index (χ4v) is 1.20. The Morgan fingerprint density at radius 2 is 2.50 bits per heavy atom. The number of ether oxygens (including phenoxy) is 1. The van der Waals surface area contributed by atoms with Gasteiger partial charge in [-0.3, -0.25) is 0 Å². The molecule has 0 spiro atoms. The van der Waals surface area contributed by atoms with Gasteiger partial charge in [-0.25, -0.2) is 4.98 Å². The molecular formula is C7H5N3O2. The highest BCUT2D eigenvalue weighted by Crippen LogP contribution is 2.29. The van der Waals surface area contributed by atoms with Crippen molar-refractivity contribution in [1.29, 1.82) is 0 Å². The maximum absolute atomic E-state index is 5.21.